The van der Waals surface area contributed by atoms with Crippen molar-refractivity contribution in [3.63, 3.8) is 0 Å². The van der Waals surface area contributed by atoms with Crippen molar-refractivity contribution in [2.75, 3.05) is 6.26 Å². The Balaban J connectivity index is 0.00000200. The summed E-state index contributed by atoms with van der Waals surface area (Å²) in [5.41, 5.74) is 1.94. The standard InChI is InChI=1S/C14H15ClNO2S.BrH/c1-19(17,18)11-13-6-8-16(9-7-13)10-12-2-4-14(15)5-3-12;/h2-9H,10-11H2,1H3;1H/q+1;/p-1. The maximum Gasteiger partial charge on any atom is 0.173 e. The molecule has 2 rings (SSSR count). The molecule has 0 aliphatic carbocycles. The van der Waals surface area contributed by atoms with Crippen LogP contribution in [0.25, 0.3) is 0 Å². The van der Waals surface area contributed by atoms with Gasteiger partial charge in [0.25, 0.3) is 0 Å². The monoisotopic (exact) mass is 375 g/mol. The molecule has 0 fully saturated rings. The van der Waals surface area contributed by atoms with Crippen molar-refractivity contribution in [1.29, 1.82) is 0 Å². The Morgan fingerprint density at radius 3 is 2.05 bits per heavy atom. The molecule has 108 valence electrons. The number of benzene rings is 1. The van der Waals surface area contributed by atoms with Gasteiger partial charge in [0.05, 0.1) is 5.75 Å². The average Bonchev–Trinajstić information content (AvgIpc) is 2.33. The smallest absolute Gasteiger partial charge is 0.173 e. The van der Waals surface area contributed by atoms with Gasteiger partial charge >= 0.3 is 0 Å². The molecule has 0 radical (unpaired) electrons. The van der Waals surface area contributed by atoms with Gasteiger partial charge in [-0.1, -0.05) is 23.7 Å². The molecule has 3 nitrogen and oxygen atoms in total. The highest BCUT2D eigenvalue weighted by Crippen LogP contribution is 2.09. The molecule has 0 N–H and O–H groups in total. The highest BCUT2D eigenvalue weighted by atomic mass is 79.9. The minimum atomic E-state index is -2.98. The summed E-state index contributed by atoms with van der Waals surface area (Å²) in [4.78, 5) is 0. The van der Waals surface area contributed by atoms with Crippen molar-refractivity contribution >= 4 is 21.4 Å². The van der Waals surface area contributed by atoms with Crippen LogP contribution in [0, 0.1) is 0 Å². The van der Waals surface area contributed by atoms with Crippen LogP contribution in [0.5, 0.6) is 0 Å². The highest BCUT2D eigenvalue weighted by Gasteiger charge is 2.07. The number of nitrogens with zero attached hydrogens (tertiary/aromatic N) is 1. The molecular weight excluding hydrogens is 362 g/mol. The molecule has 0 unspecified atom stereocenters. The summed E-state index contributed by atoms with van der Waals surface area (Å²) in [6.45, 7) is 0.732. The zero-order valence-electron chi connectivity index (χ0n) is 11.0. The second-order valence-electron chi connectivity index (χ2n) is 4.58. The predicted octanol–water partition coefficient (Wildman–Crippen LogP) is -0.776. The Bertz CT molecular complexity index is 655. The van der Waals surface area contributed by atoms with Crippen molar-refractivity contribution < 1.29 is 30.0 Å². The van der Waals surface area contributed by atoms with Gasteiger partial charge in [0.15, 0.2) is 28.8 Å². The number of hydrogen-bond donors (Lipinski definition) is 0. The average molecular weight is 377 g/mol. The Morgan fingerprint density at radius 2 is 1.55 bits per heavy atom. The van der Waals surface area contributed by atoms with Crippen molar-refractivity contribution in [2.24, 2.45) is 0 Å². The Hall–Kier alpha value is -0.910. The van der Waals surface area contributed by atoms with Crippen LogP contribution in [0.2, 0.25) is 5.02 Å². The van der Waals surface area contributed by atoms with Crippen molar-refractivity contribution in [1.82, 2.24) is 0 Å². The normalized spacial score (nSPS) is 10.9. The fourth-order valence-electron chi connectivity index (χ4n) is 1.79. The van der Waals surface area contributed by atoms with E-state index in [0.717, 1.165) is 22.7 Å². The first-order valence-corrected chi connectivity index (χ1v) is 8.26. The summed E-state index contributed by atoms with van der Waals surface area (Å²) < 4.78 is 24.4. The molecule has 1 aromatic heterocycles. The van der Waals surface area contributed by atoms with Crippen LogP contribution < -0.4 is 21.5 Å². The lowest BCUT2D eigenvalue weighted by Crippen LogP contribution is -3.00. The molecular formula is C14H15BrClNO2S. The molecule has 1 heterocycles. The van der Waals surface area contributed by atoms with E-state index in [1.165, 1.54) is 6.26 Å². The summed E-state index contributed by atoms with van der Waals surface area (Å²) >= 11 is 5.83. The lowest BCUT2D eigenvalue weighted by Gasteiger charge is -2.00. The maximum absolute atomic E-state index is 11.2. The molecule has 0 saturated heterocycles. The minimum absolute atomic E-state index is 0. The fourth-order valence-corrected chi connectivity index (χ4v) is 2.72. The van der Waals surface area contributed by atoms with E-state index in [0.29, 0.717) is 0 Å². The van der Waals surface area contributed by atoms with Crippen molar-refractivity contribution in [3.8, 4) is 0 Å². The summed E-state index contributed by atoms with van der Waals surface area (Å²) in [5.74, 6) is 0.0782. The molecule has 0 aliphatic rings. The van der Waals surface area contributed by atoms with Gasteiger partial charge in [-0.25, -0.2) is 13.0 Å². The first-order chi connectivity index (χ1) is 8.92. The van der Waals surface area contributed by atoms with Crippen molar-refractivity contribution in [2.45, 2.75) is 12.3 Å². The lowest BCUT2D eigenvalue weighted by molar-refractivity contribution is -0.688. The zero-order valence-corrected chi connectivity index (χ0v) is 14.1. The number of hydrogen-bond acceptors (Lipinski definition) is 2. The van der Waals surface area contributed by atoms with Crippen LogP contribution in [0.3, 0.4) is 0 Å². The minimum Gasteiger partial charge on any atom is -1.00 e. The first kappa shape index (κ1) is 17.1. The van der Waals surface area contributed by atoms with Crippen LogP contribution in [0.1, 0.15) is 11.1 Å². The van der Waals surface area contributed by atoms with E-state index in [-0.39, 0.29) is 22.7 Å². The van der Waals surface area contributed by atoms with E-state index in [1.54, 1.807) is 0 Å². The molecule has 0 saturated carbocycles. The highest BCUT2D eigenvalue weighted by molar-refractivity contribution is 7.89. The van der Waals surface area contributed by atoms with Gasteiger partial charge in [0.2, 0.25) is 0 Å². The van der Waals surface area contributed by atoms with Gasteiger partial charge in [-0.05, 0) is 17.7 Å². The Labute approximate surface area is 134 Å². The number of rotatable bonds is 4. The van der Waals surface area contributed by atoms with Crippen LogP contribution in [0.4, 0.5) is 0 Å². The summed E-state index contributed by atoms with van der Waals surface area (Å²) in [5, 5.41) is 0.720. The fraction of sp³-hybridized carbons (Fsp3) is 0.214. The van der Waals surface area contributed by atoms with Crippen molar-refractivity contribution in [3.05, 3.63) is 64.9 Å². The van der Waals surface area contributed by atoms with Crippen LogP contribution in [0.15, 0.2) is 48.8 Å². The molecule has 0 spiro atoms. The van der Waals surface area contributed by atoms with Gasteiger partial charge in [-0.2, -0.15) is 0 Å². The quantitative estimate of drug-likeness (QED) is 0.657. The van der Waals surface area contributed by atoms with Crippen LogP contribution >= 0.6 is 11.6 Å². The second-order valence-corrected chi connectivity index (χ2v) is 7.15. The van der Waals surface area contributed by atoms with Crippen LogP contribution in [-0.4, -0.2) is 14.7 Å². The molecule has 0 aliphatic heterocycles. The van der Waals surface area contributed by atoms with E-state index >= 15 is 0 Å². The lowest BCUT2D eigenvalue weighted by atomic mass is 10.2. The number of aromatic nitrogens is 1. The van der Waals surface area contributed by atoms with E-state index < -0.39 is 9.84 Å². The predicted molar refractivity (Wildman–Crippen MR) is 75.7 cm³/mol. The number of pyridine rings is 1. The maximum atomic E-state index is 11.2. The third-order valence-corrected chi connectivity index (χ3v) is 3.78. The summed E-state index contributed by atoms with van der Waals surface area (Å²) in [7, 11) is -2.98. The molecule has 20 heavy (non-hydrogen) atoms. The zero-order chi connectivity index (χ0) is 13.9. The van der Waals surface area contributed by atoms with Gasteiger partial charge in [-0.3, -0.25) is 0 Å². The SMILES string of the molecule is CS(=O)(=O)Cc1cc[n+](Cc2ccc(Cl)cc2)cc1.[Br-]. The second kappa shape index (κ2) is 7.20. The third kappa shape index (κ3) is 5.61. The topological polar surface area (TPSA) is 38.0 Å². The number of sulfone groups is 1. The van der Waals surface area contributed by atoms with E-state index in [4.69, 9.17) is 11.6 Å². The van der Waals surface area contributed by atoms with Gasteiger partial charge in [0, 0.05) is 29.0 Å². The van der Waals surface area contributed by atoms with Gasteiger partial charge in [-0.15, -0.1) is 0 Å². The largest absolute Gasteiger partial charge is 1.00 e. The molecule has 0 bridgehead atoms. The Morgan fingerprint density at radius 1 is 1.00 bits per heavy atom. The molecule has 2 aromatic rings. The molecule has 0 amide bonds. The Kier molecular flexibility index (Phi) is 6.17. The molecule has 0 atom stereocenters. The number of halogens is 2. The summed E-state index contributed by atoms with van der Waals surface area (Å²) in [6.07, 6.45) is 5.01. The molecule has 1 aromatic carbocycles. The van der Waals surface area contributed by atoms with Crippen LogP contribution in [-0.2, 0) is 22.1 Å². The van der Waals surface area contributed by atoms with E-state index in [1.807, 2.05) is 53.4 Å². The molecule has 6 heteroatoms. The van der Waals surface area contributed by atoms with E-state index in [2.05, 4.69) is 0 Å². The van der Waals surface area contributed by atoms with Gasteiger partial charge < -0.3 is 17.0 Å². The van der Waals surface area contributed by atoms with Gasteiger partial charge in [0.1, 0.15) is 0 Å². The summed E-state index contributed by atoms with van der Waals surface area (Å²) in [6, 6.07) is 11.3. The first-order valence-electron chi connectivity index (χ1n) is 5.82. The van der Waals surface area contributed by atoms with E-state index in [9.17, 15) is 8.42 Å². The third-order valence-electron chi connectivity index (χ3n) is 2.67.